The second-order valence-electron chi connectivity index (χ2n) is 6.40. The summed E-state index contributed by atoms with van der Waals surface area (Å²) in [6.45, 7) is 6.50. The lowest BCUT2D eigenvalue weighted by molar-refractivity contribution is -0.176. The van der Waals surface area contributed by atoms with Crippen LogP contribution in [-0.4, -0.2) is 36.4 Å². The Hall–Kier alpha value is -1.12. The van der Waals surface area contributed by atoms with Crippen molar-refractivity contribution in [3.63, 3.8) is 0 Å². The second-order valence-corrected chi connectivity index (χ2v) is 6.40. The molecule has 1 saturated carbocycles. The van der Waals surface area contributed by atoms with Crippen LogP contribution in [0.15, 0.2) is 0 Å². The van der Waals surface area contributed by atoms with Crippen molar-refractivity contribution in [3.8, 4) is 6.07 Å². The molecule has 2 rings (SSSR count). The fourth-order valence-corrected chi connectivity index (χ4v) is 3.89. The Kier molecular flexibility index (Phi) is 4.08. The predicted octanol–water partition coefficient (Wildman–Crippen LogP) is 1.22. The number of ether oxygens (including phenoxy) is 1. The van der Waals surface area contributed by atoms with Crippen LogP contribution in [0.2, 0.25) is 0 Å². The smallest absolute Gasteiger partial charge is 0.313 e. The molecule has 1 aliphatic carbocycles. The van der Waals surface area contributed by atoms with E-state index in [2.05, 4.69) is 11.4 Å². The average molecular weight is 280 g/mol. The van der Waals surface area contributed by atoms with Crippen LogP contribution >= 0.6 is 0 Å². The zero-order valence-electron chi connectivity index (χ0n) is 12.5. The molecule has 20 heavy (non-hydrogen) atoms. The SMILES string of the molecule is CCOC(=O)[C@]12CC[C@H](O)[C@](C)(C#N)[C@@H]1C[C@H](C)NC2. The van der Waals surface area contributed by atoms with E-state index in [4.69, 9.17) is 4.74 Å². The molecule has 1 saturated heterocycles. The fraction of sp³-hybridized carbons (Fsp3) is 0.867. The predicted molar refractivity (Wildman–Crippen MR) is 73.6 cm³/mol. The Balaban J connectivity index is 2.42. The van der Waals surface area contributed by atoms with Gasteiger partial charge in [0.2, 0.25) is 0 Å². The molecule has 0 aromatic heterocycles. The Morgan fingerprint density at radius 1 is 1.60 bits per heavy atom. The number of nitrogens with zero attached hydrogens (tertiary/aromatic N) is 1. The van der Waals surface area contributed by atoms with Crippen LogP contribution < -0.4 is 5.32 Å². The molecule has 0 bridgehead atoms. The van der Waals surface area contributed by atoms with E-state index < -0.39 is 16.9 Å². The van der Waals surface area contributed by atoms with Crippen LogP contribution in [0, 0.1) is 28.1 Å². The zero-order chi connectivity index (χ0) is 15.0. The molecule has 1 aliphatic heterocycles. The number of aliphatic hydroxyl groups is 1. The van der Waals surface area contributed by atoms with Crippen LogP contribution in [0.4, 0.5) is 0 Å². The van der Waals surface area contributed by atoms with Crippen LogP contribution in [0.1, 0.15) is 40.0 Å². The minimum Gasteiger partial charge on any atom is -0.466 e. The first-order valence-corrected chi connectivity index (χ1v) is 7.40. The first-order valence-electron chi connectivity index (χ1n) is 7.40. The Labute approximate surface area is 120 Å². The fourth-order valence-electron chi connectivity index (χ4n) is 3.89. The second kappa shape index (κ2) is 5.34. The maximum absolute atomic E-state index is 12.5. The van der Waals surface area contributed by atoms with Crippen LogP contribution in [0.25, 0.3) is 0 Å². The van der Waals surface area contributed by atoms with Gasteiger partial charge >= 0.3 is 5.97 Å². The maximum Gasteiger partial charge on any atom is 0.313 e. The molecular weight excluding hydrogens is 256 g/mol. The van der Waals surface area contributed by atoms with E-state index in [0.29, 0.717) is 32.4 Å². The van der Waals surface area contributed by atoms with E-state index in [1.54, 1.807) is 13.8 Å². The minimum absolute atomic E-state index is 0.168. The van der Waals surface area contributed by atoms with Crippen molar-refractivity contribution in [2.24, 2.45) is 16.7 Å². The lowest BCUT2D eigenvalue weighted by atomic mass is 9.51. The van der Waals surface area contributed by atoms with Gasteiger partial charge in [-0.2, -0.15) is 5.26 Å². The number of rotatable bonds is 2. The van der Waals surface area contributed by atoms with Crippen molar-refractivity contribution >= 4 is 5.97 Å². The summed E-state index contributed by atoms with van der Waals surface area (Å²) in [6, 6.07) is 2.52. The molecule has 5 nitrogen and oxygen atoms in total. The molecule has 5 heteroatoms. The van der Waals surface area contributed by atoms with Crippen molar-refractivity contribution in [1.82, 2.24) is 5.32 Å². The minimum atomic E-state index is -0.888. The third-order valence-electron chi connectivity index (χ3n) is 5.23. The number of esters is 1. The third kappa shape index (κ3) is 2.11. The monoisotopic (exact) mass is 280 g/mol. The Morgan fingerprint density at radius 3 is 2.90 bits per heavy atom. The molecular formula is C15H24N2O3. The van der Waals surface area contributed by atoms with Crippen molar-refractivity contribution in [3.05, 3.63) is 0 Å². The largest absolute Gasteiger partial charge is 0.466 e. The Bertz CT molecular complexity index is 429. The highest BCUT2D eigenvalue weighted by molar-refractivity contribution is 5.78. The normalized spacial score (nSPS) is 44.2. The summed E-state index contributed by atoms with van der Waals surface area (Å²) in [5.74, 6) is -0.392. The lowest BCUT2D eigenvalue weighted by Gasteiger charge is -2.54. The van der Waals surface area contributed by atoms with Gasteiger partial charge in [0, 0.05) is 12.6 Å². The number of carbonyl (C=O) groups is 1. The molecule has 5 atom stereocenters. The maximum atomic E-state index is 12.5. The standard InChI is InChI=1S/C15H24N2O3/c1-4-20-13(19)15-6-5-12(18)14(3,8-16)11(15)7-10(2)17-9-15/h10-12,17-18H,4-7,9H2,1-3H3/t10-,11-,12-,14+,15-/m0/s1. The number of aliphatic hydroxyl groups excluding tert-OH is 1. The van der Waals surface area contributed by atoms with E-state index in [-0.39, 0.29) is 17.9 Å². The molecule has 0 radical (unpaired) electrons. The number of piperidine rings is 1. The molecule has 2 N–H and O–H groups in total. The van der Waals surface area contributed by atoms with Gasteiger partial charge in [-0.25, -0.2) is 0 Å². The third-order valence-corrected chi connectivity index (χ3v) is 5.23. The highest BCUT2D eigenvalue weighted by Crippen LogP contribution is 2.55. The molecule has 0 unspecified atom stereocenters. The van der Waals surface area contributed by atoms with Gasteiger partial charge in [-0.05, 0) is 46.0 Å². The highest BCUT2D eigenvalue weighted by atomic mass is 16.5. The van der Waals surface area contributed by atoms with Gasteiger partial charge in [0.15, 0.2) is 0 Å². The molecule has 0 spiro atoms. The van der Waals surface area contributed by atoms with E-state index >= 15 is 0 Å². The lowest BCUT2D eigenvalue weighted by Crippen LogP contribution is -2.63. The van der Waals surface area contributed by atoms with Crippen molar-refractivity contribution in [2.45, 2.75) is 52.2 Å². The number of fused-ring (bicyclic) bond motifs is 1. The number of nitriles is 1. The summed E-state index contributed by atoms with van der Waals surface area (Å²) in [4.78, 5) is 12.5. The van der Waals surface area contributed by atoms with Gasteiger partial charge in [-0.15, -0.1) is 0 Å². The van der Waals surface area contributed by atoms with Crippen molar-refractivity contribution in [2.75, 3.05) is 13.2 Å². The molecule has 0 aromatic rings. The first kappa shape index (κ1) is 15.3. The molecule has 1 heterocycles. The van der Waals surface area contributed by atoms with E-state index in [9.17, 15) is 15.2 Å². The van der Waals surface area contributed by atoms with Gasteiger partial charge in [0.25, 0.3) is 0 Å². The average Bonchev–Trinajstić information content (AvgIpc) is 2.44. The Morgan fingerprint density at radius 2 is 2.30 bits per heavy atom. The summed E-state index contributed by atoms with van der Waals surface area (Å²) < 4.78 is 5.28. The first-order chi connectivity index (χ1) is 9.40. The van der Waals surface area contributed by atoms with E-state index in [1.807, 2.05) is 6.92 Å². The summed E-state index contributed by atoms with van der Waals surface area (Å²) >= 11 is 0. The summed E-state index contributed by atoms with van der Waals surface area (Å²) in [5, 5.41) is 23.2. The number of carbonyl (C=O) groups excluding carboxylic acids is 1. The van der Waals surface area contributed by atoms with E-state index in [1.165, 1.54) is 0 Å². The van der Waals surface area contributed by atoms with Crippen LogP contribution in [0.5, 0.6) is 0 Å². The molecule has 112 valence electrons. The van der Waals surface area contributed by atoms with Crippen LogP contribution in [0.3, 0.4) is 0 Å². The van der Waals surface area contributed by atoms with E-state index in [0.717, 1.165) is 0 Å². The summed E-state index contributed by atoms with van der Waals surface area (Å²) in [5.41, 5.74) is -1.56. The number of nitrogens with one attached hydrogen (secondary N) is 1. The summed E-state index contributed by atoms with van der Waals surface area (Å²) in [6.07, 6.45) is 1.08. The zero-order valence-corrected chi connectivity index (χ0v) is 12.5. The highest BCUT2D eigenvalue weighted by Gasteiger charge is 2.61. The number of hydrogen-bond donors (Lipinski definition) is 2. The van der Waals surface area contributed by atoms with Gasteiger partial charge in [0.05, 0.1) is 29.6 Å². The van der Waals surface area contributed by atoms with Gasteiger partial charge < -0.3 is 15.2 Å². The number of hydrogen-bond acceptors (Lipinski definition) is 5. The van der Waals surface area contributed by atoms with Crippen LogP contribution in [-0.2, 0) is 9.53 Å². The summed E-state index contributed by atoms with van der Waals surface area (Å²) in [7, 11) is 0. The van der Waals surface area contributed by atoms with Crippen molar-refractivity contribution in [1.29, 1.82) is 5.26 Å². The molecule has 2 fully saturated rings. The van der Waals surface area contributed by atoms with Crippen molar-refractivity contribution < 1.29 is 14.6 Å². The van der Waals surface area contributed by atoms with Gasteiger partial charge in [0.1, 0.15) is 0 Å². The molecule has 0 amide bonds. The molecule has 0 aromatic carbocycles. The quantitative estimate of drug-likeness (QED) is 0.743. The molecule has 2 aliphatic rings. The van der Waals surface area contributed by atoms with Gasteiger partial charge in [-0.3, -0.25) is 4.79 Å². The topological polar surface area (TPSA) is 82.3 Å². The van der Waals surface area contributed by atoms with Gasteiger partial charge in [-0.1, -0.05) is 0 Å².